The molecule has 1 unspecified atom stereocenters. The smallest absolute Gasteiger partial charge is 0.235 e. The molecule has 1 atom stereocenters. The number of anilines is 1. The third-order valence-corrected chi connectivity index (χ3v) is 5.25. The molecule has 0 spiro atoms. The van der Waals surface area contributed by atoms with E-state index in [1.54, 1.807) is 4.31 Å². The first-order valence-electron chi connectivity index (χ1n) is 6.41. The predicted octanol–water partition coefficient (Wildman–Crippen LogP) is 2.03. The van der Waals surface area contributed by atoms with E-state index in [4.69, 9.17) is 5.73 Å². The second kappa shape index (κ2) is 5.28. The Hall–Kier alpha value is -1.07. The number of nitrogens with zero attached hydrogens (tertiary/aromatic N) is 1. The molecule has 1 aromatic rings. The van der Waals surface area contributed by atoms with Gasteiger partial charge in [-0.2, -0.15) is 0 Å². The maximum atomic E-state index is 12.3. The minimum absolute atomic E-state index is 0.0666. The summed E-state index contributed by atoms with van der Waals surface area (Å²) in [5.41, 5.74) is 7.80. The zero-order valence-electron chi connectivity index (χ0n) is 10.7. The van der Waals surface area contributed by atoms with Crippen LogP contribution in [0.25, 0.3) is 0 Å². The number of para-hydroxylation sites is 1. The van der Waals surface area contributed by atoms with E-state index >= 15 is 0 Å². The average molecular weight is 268 g/mol. The molecule has 1 heterocycles. The number of nitrogens with two attached hydrogens (primary N) is 1. The normalized spacial score (nSPS) is 20.3. The van der Waals surface area contributed by atoms with Gasteiger partial charge in [0.25, 0.3) is 0 Å². The van der Waals surface area contributed by atoms with Crippen molar-refractivity contribution in [1.82, 2.24) is 0 Å². The van der Waals surface area contributed by atoms with E-state index < -0.39 is 10.0 Å². The number of benzene rings is 1. The van der Waals surface area contributed by atoms with Gasteiger partial charge in [0.2, 0.25) is 10.0 Å². The highest BCUT2D eigenvalue weighted by atomic mass is 32.2. The van der Waals surface area contributed by atoms with Crippen LogP contribution in [0, 0.1) is 0 Å². The van der Waals surface area contributed by atoms with E-state index in [1.165, 1.54) is 0 Å². The molecule has 1 aromatic carbocycles. The van der Waals surface area contributed by atoms with Gasteiger partial charge in [-0.05, 0) is 30.9 Å². The van der Waals surface area contributed by atoms with Gasteiger partial charge < -0.3 is 5.73 Å². The Morgan fingerprint density at radius 3 is 2.83 bits per heavy atom. The highest BCUT2D eigenvalue weighted by molar-refractivity contribution is 7.92. The third-order valence-electron chi connectivity index (χ3n) is 3.28. The van der Waals surface area contributed by atoms with Crippen molar-refractivity contribution in [1.29, 1.82) is 0 Å². The maximum absolute atomic E-state index is 12.3. The highest BCUT2D eigenvalue weighted by Gasteiger charge is 2.27. The van der Waals surface area contributed by atoms with Crippen LogP contribution in [0.5, 0.6) is 0 Å². The molecule has 2 N–H and O–H groups in total. The molecule has 0 saturated carbocycles. The van der Waals surface area contributed by atoms with E-state index in [1.807, 2.05) is 31.2 Å². The zero-order valence-corrected chi connectivity index (χ0v) is 11.5. The Bertz CT molecular complexity index is 513. The van der Waals surface area contributed by atoms with Gasteiger partial charge in [-0.25, -0.2) is 8.42 Å². The quantitative estimate of drug-likeness (QED) is 0.912. The summed E-state index contributed by atoms with van der Waals surface area (Å²) in [6.45, 7) is 2.42. The second-order valence-corrected chi connectivity index (χ2v) is 6.71. The van der Waals surface area contributed by atoms with Crippen LogP contribution in [0.2, 0.25) is 0 Å². The molecule has 0 bridgehead atoms. The lowest BCUT2D eigenvalue weighted by atomic mass is 10.0. The van der Waals surface area contributed by atoms with Crippen LogP contribution in [-0.4, -0.2) is 20.7 Å². The Morgan fingerprint density at radius 2 is 2.11 bits per heavy atom. The lowest BCUT2D eigenvalue weighted by Crippen LogP contribution is -2.33. The molecule has 0 amide bonds. The first-order valence-corrected chi connectivity index (χ1v) is 8.02. The summed E-state index contributed by atoms with van der Waals surface area (Å²) in [6.07, 6.45) is 2.26. The fourth-order valence-electron chi connectivity index (χ4n) is 2.42. The molecule has 4 nitrogen and oxygen atoms in total. The molecule has 0 aromatic heterocycles. The molecule has 1 aliphatic heterocycles. The first kappa shape index (κ1) is 13.4. The molecule has 0 fully saturated rings. The predicted molar refractivity (Wildman–Crippen MR) is 74.0 cm³/mol. The van der Waals surface area contributed by atoms with Crippen LogP contribution in [0.1, 0.15) is 37.8 Å². The minimum atomic E-state index is -3.22. The van der Waals surface area contributed by atoms with Crippen LogP contribution in [0.3, 0.4) is 0 Å². The molecule has 100 valence electrons. The van der Waals surface area contributed by atoms with Gasteiger partial charge in [0.15, 0.2) is 0 Å². The summed E-state index contributed by atoms with van der Waals surface area (Å²) < 4.78 is 26.1. The van der Waals surface area contributed by atoms with Gasteiger partial charge >= 0.3 is 0 Å². The Morgan fingerprint density at radius 1 is 1.39 bits per heavy atom. The monoisotopic (exact) mass is 268 g/mol. The SMILES string of the molecule is CCCS(=O)(=O)N1CCCC(N)c2ccccc21. The molecule has 5 heteroatoms. The van der Waals surface area contributed by atoms with Gasteiger partial charge in [0.05, 0.1) is 11.4 Å². The number of sulfonamides is 1. The molecular weight excluding hydrogens is 248 g/mol. The third kappa shape index (κ3) is 2.52. The fraction of sp³-hybridized carbons (Fsp3) is 0.538. The fourth-order valence-corrected chi connectivity index (χ4v) is 4.03. The topological polar surface area (TPSA) is 63.4 Å². The molecule has 0 aliphatic carbocycles. The van der Waals surface area contributed by atoms with Crippen molar-refractivity contribution < 1.29 is 8.42 Å². The van der Waals surface area contributed by atoms with E-state index in [2.05, 4.69) is 0 Å². The molecule has 2 rings (SSSR count). The highest BCUT2D eigenvalue weighted by Crippen LogP contribution is 2.33. The van der Waals surface area contributed by atoms with Gasteiger partial charge in [-0.1, -0.05) is 25.1 Å². The minimum Gasteiger partial charge on any atom is -0.324 e. The van der Waals surface area contributed by atoms with Crippen molar-refractivity contribution in [3.8, 4) is 0 Å². The number of hydrogen-bond donors (Lipinski definition) is 1. The lowest BCUT2D eigenvalue weighted by molar-refractivity contribution is 0.585. The van der Waals surface area contributed by atoms with E-state index in [0.717, 1.165) is 24.1 Å². The van der Waals surface area contributed by atoms with Gasteiger partial charge in [-0.3, -0.25) is 4.31 Å². The van der Waals surface area contributed by atoms with Gasteiger partial charge in [0, 0.05) is 12.6 Å². The molecule has 18 heavy (non-hydrogen) atoms. The largest absolute Gasteiger partial charge is 0.324 e. The molecular formula is C13H20N2O2S. The standard InChI is InChI=1S/C13H20N2O2S/c1-2-10-18(16,17)15-9-5-7-12(14)11-6-3-4-8-13(11)15/h3-4,6,8,12H,2,5,7,9-10,14H2,1H3. The zero-order chi connectivity index (χ0) is 13.2. The van der Waals surface area contributed by atoms with Crippen molar-refractivity contribution in [3.05, 3.63) is 29.8 Å². The summed E-state index contributed by atoms with van der Waals surface area (Å²) in [6, 6.07) is 7.50. The number of hydrogen-bond acceptors (Lipinski definition) is 3. The second-order valence-electron chi connectivity index (χ2n) is 4.70. The lowest BCUT2D eigenvalue weighted by Gasteiger charge is -2.24. The molecule has 1 aliphatic rings. The van der Waals surface area contributed by atoms with E-state index in [-0.39, 0.29) is 11.8 Å². The van der Waals surface area contributed by atoms with Gasteiger partial charge in [-0.15, -0.1) is 0 Å². The average Bonchev–Trinajstić information content (AvgIpc) is 2.50. The summed E-state index contributed by atoms with van der Waals surface area (Å²) in [7, 11) is -3.22. The first-order chi connectivity index (χ1) is 8.56. The van der Waals surface area contributed by atoms with E-state index in [0.29, 0.717) is 13.0 Å². The van der Waals surface area contributed by atoms with Crippen molar-refractivity contribution in [2.45, 2.75) is 32.2 Å². The molecule has 0 radical (unpaired) electrons. The Labute approximate surface area is 109 Å². The summed E-state index contributed by atoms with van der Waals surface area (Å²) in [5, 5.41) is 0. The van der Waals surface area contributed by atoms with Gasteiger partial charge in [0.1, 0.15) is 0 Å². The van der Waals surface area contributed by atoms with Crippen LogP contribution in [0.15, 0.2) is 24.3 Å². The Kier molecular flexibility index (Phi) is 3.92. The van der Waals surface area contributed by atoms with Crippen molar-refractivity contribution in [2.24, 2.45) is 5.73 Å². The number of rotatable bonds is 3. The van der Waals surface area contributed by atoms with E-state index in [9.17, 15) is 8.42 Å². The summed E-state index contributed by atoms with van der Waals surface area (Å²) >= 11 is 0. The van der Waals surface area contributed by atoms with Crippen molar-refractivity contribution >= 4 is 15.7 Å². The molecule has 0 saturated heterocycles. The maximum Gasteiger partial charge on any atom is 0.235 e. The van der Waals surface area contributed by atoms with Crippen LogP contribution in [0.4, 0.5) is 5.69 Å². The van der Waals surface area contributed by atoms with Crippen LogP contribution >= 0.6 is 0 Å². The van der Waals surface area contributed by atoms with Crippen molar-refractivity contribution in [3.63, 3.8) is 0 Å². The van der Waals surface area contributed by atoms with Crippen molar-refractivity contribution in [2.75, 3.05) is 16.6 Å². The summed E-state index contributed by atoms with van der Waals surface area (Å²) in [4.78, 5) is 0. The van der Waals surface area contributed by atoms with Crippen LogP contribution < -0.4 is 10.0 Å². The Balaban J connectivity index is 2.47. The van der Waals surface area contributed by atoms with Crippen LogP contribution in [-0.2, 0) is 10.0 Å². The summed E-state index contributed by atoms with van der Waals surface area (Å²) in [5.74, 6) is 0.191. The number of fused-ring (bicyclic) bond motifs is 1.